The van der Waals surface area contributed by atoms with Gasteiger partial charge in [0.2, 0.25) is 0 Å². The number of aliphatic hydroxyl groups excluding tert-OH is 1. The molecule has 0 aliphatic carbocycles. The largest absolute Gasteiger partial charge is 0.507 e. The molecule has 3 aromatic rings. The van der Waals surface area contributed by atoms with Crippen molar-refractivity contribution >= 4 is 34.7 Å². The van der Waals surface area contributed by atoms with E-state index in [4.69, 9.17) is 16.3 Å². The SMILES string of the molecule is CCOc1ccc(/C(O)=C2/C(=O)C(=O)N(c3cccc(Cl)c3)C2c2ccncc2)cc1C(C)C. The van der Waals surface area contributed by atoms with E-state index in [0.717, 1.165) is 11.3 Å². The standard InChI is InChI=1S/C27H25ClN2O4/c1-4-34-22-9-8-18(14-21(22)16(2)3)25(31)23-24(17-10-12-29-13-11-17)30(27(33)26(23)32)20-7-5-6-19(28)15-20/h5-16,24,31H,4H2,1-3H3/b25-23-. The summed E-state index contributed by atoms with van der Waals surface area (Å²) in [4.78, 5) is 31.9. The molecule has 174 valence electrons. The van der Waals surface area contributed by atoms with Crippen molar-refractivity contribution in [2.75, 3.05) is 11.5 Å². The number of carbonyl (C=O) groups is 2. The Kier molecular flexibility index (Phi) is 6.70. The second-order valence-electron chi connectivity index (χ2n) is 8.27. The molecule has 1 aliphatic rings. The van der Waals surface area contributed by atoms with Crippen molar-refractivity contribution in [1.82, 2.24) is 4.98 Å². The van der Waals surface area contributed by atoms with Crippen molar-refractivity contribution in [1.29, 1.82) is 0 Å². The van der Waals surface area contributed by atoms with E-state index >= 15 is 0 Å². The first-order chi connectivity index (χ1) is 16.3. The Hall–Kier alpha value is -3.64. The Morgan fingerprint density at radius 2 is 1.85 bits per heavy atom. The number of pyridine rings is 1. The number of amides is 1. The zero-order valence-electron chi connectivity index (χ0n) is 19.2. The summed E-state index contributed by atoms with van der Waals surface area (Å²) in [5.41, 5.74) is 2.46. The van der Waals surface area contributed by atoms with Crippen LogP contribution < -0.4 is 9.64 Å². The Bertz CT molecular complexity index is 1270. The van der Waals surface area contributed by atoms with E-state index in [1.165, 1.54) is 4.90 Å². The van der Waals surface area contributed by atoms with Crippen LogP contribution in [0.25, 0.3) is 5.76 Å². The van der Waals surface area contributed by atoms with E-state index < -0.39 is 17.7 Å². The quantitative estimate of drug-likeness (QED) is 0.273. The Morgan fingerprint density at radius 1 is 1.12 bits per heavy atom. The lowest BCUT2D eigenvalue weighted by molar-refractivity contribution is -0.132. The molecule has 1 unspecified atom stereocenters. The Labute approximate surface area is 203 Å². The van der Waals surface area contributed by atoms with Crippen molar-refractivity contribution < 1.29 is 19.4 Å². The molecule has 1 aromatic heterocycles. The molecule has 0 radical (unpaired) electrons. The molecule has 1 atom stereocenters. The molecule has 1 amide bonds. The van der Waals surface area contributed by atoms with Crippen molar-refractivity contribution in [3.8, 4) is 5.75 Å². The predicted octanol–water partition coefficient (Wildman–Crippen LogP) is 5.88. The molecule has 7 heteroatoms. The number of Topliss-reactive ketones (excluding diaryl/α,β-unsaturated/α-hetero) is 1. The van der Waals surface area contributed by atoms with E-state index in [9.17, 15) is 14.7 Å². The van der Waals surface area contributed by atoms with Gasteiger partial charge in [0, 0.05) is 28.7 Å². The van der Waals surface area contributed by atoms with Crippen LogP contribution in [0.5, 0.6) is 5.75 Å². The molecule has 6 nitrogen and oxygen atoms in total. The Balaban J connectivity index is 1.92. The lowest BCUT2D eigenvalue weighted by Crippen LogP contribution is -2.29. The first-order valence-corrected chi connectivity index (χ1v) is 11.4. The first-order valence-electron chi connectivity index (χ1n) is 11.1. The smallest absolute Gasteiger partial charge is 0.300 e. The van der Waals surface area contributed by atoms with Crippen LogP contribution in [0.4, 0.5) is 5.69 Å². The zero-order chi connectivity index (χ0) is 24.4. The van der Waals surface area contributed by atoms with Gasteiger partial charge in [0.25, 0.3) is 11.7 Å². The average Bonchev–Trinajstić information content (AvgIpc) is 3.10. The lowest BCUT2D eigenvalue weighted by Gasteiger charge is -2.25. The number of aromatic nitrogens is 1. The number of anilines is 1. The van der Waals surface area contributed by atoms with Crippen molar-refractivity contribution in [2.24, 2.45) is 0 Å². The highest BCUT2D eigenvalue weighted by atomic mass is 35.5. The summed E-state index contributed by atoms with van der Waals surface area (Å²) in [5, 5.41) is 11.8. The molecule has 2 aromatic carbocycles. The van der Waals surface area contributed by atoms with Gasteiger partial charge in [-0.15, -0.1) is 0 Å². The van der Waals surface area contributed by atoms with E-state index in [1.807, 2.05) is 20.8 Å². The molecule has 1 aliphatic heterocycles. The highest BCUT2D eigenvalue weighted by Gasteiger charge is 2.47. The second kappa shape index (κ2) is 9.69. The van der Waals surface area contributed by atoms with Crippen molar-refractivity contribution in [3.63, 3.8) is 0 Å². The maximum atomic E-state index is 13.3. The number of aliphatic hydroxyl groups is 1. The molecule has 1 N–H and O–H groups in total. The van der Waals surface area contributed by atoms with Gasteiger partial charge in [-0.05, 0) is 72.5 Å². The monoisotopic (exact) mass is 476 g/mol. The average molecular weight is 477 g/mol. The van der Waals surface area contributed by atoms with Crippen LogP contribution in [0.15, 0.2) is 72.6 Å². The summed E-state index contributed by atoms with van der Waals surface area (Å²) in [6.07, 6.45) is 3.17. The molecule has 0 spiro atoms. The summed E-state index contributed by atoms with van der Waals surface area (Å²) in [7, 11) is 0. The topological polar surface area (TPSA) is 79.7 Å². The highest BCUT2D eigenvalue weighted by Crippen LogP contribution is 2.43. The van der Waals surface area contributed by atoms with Gasteiger partial charge in [-0.25, -0.2) is 0 Å². The zero-order valence-corrected chi connectivity index (χ0v) is 19.9. The number of hydrogen-bond donors (Lipinski definition) is 1. The van der Waals surface area contributed by atoms with Crippen LogP contribution in [-0.4, -0.2) is 28.4 Å². The maximum Gasteiger partial charge on any atom is 0.300 e. The minimum Gasteiger partial charge on any atom is -0.507 e. The third-order valence-corrected chi connectivity index (χ3v) is 5.99. The lowest BCUT2D eigenvalue weighted by atomic mass is 9.93. The fourth-order valence-electron chi connectivity index (χ4n) is 4.18. The van der Waals surface area contributed by atoms with Gasteiger partial charge in [0.1, 0.15) is 11.5 Å². The van der Waals surface area contributed by atoms with E-state index in [2.05, 4.69) is 4.98 Å². The molecular formula is C27H25ClN2O4. The highest BCUT2D eigenvalue weighted by molar-refractivity contribution is 6.51. The van der Waals surface area contributed by atoms with E-state index in [-0.39, 0.29) is 17.3 Å². The first kappa shape index (κ1) is 23.5. The summed E-state index contributed by atoms with van der Waals surface area (Å²) >= 11 is 6.18. The van der Waals surface area contributed by atoms with Gasteiger partial charge >= 0.3 is 0 Å². The molecule has 0 saturated carbocycles. The number of carbonyl (C=O) groups excluding carboxylic acids is 2. The number of nitrogens with zero attached hydrogens (tertiary/aromatic N) is 2. The normalized spacial score (nSPS) is 17.4. The maximum absolute atomic E-state index is 13.3. The van der Waals surface area contributed by atoms with Gasteiger partial charge in [0.15, 0.2) is 0 Å². The van der Waals surface area contributed by atoms with Crippen molar-refractivity contribution in [3.05, 3.63) is 94.3 Å². The molecule has 0 bridgehead atoms. The van der Waals surface area contributed by atoms with Crippen LogP contribution >= 0.6 is 11.6 Å². The summed E-state index contributed by atoms with van der Waals surface area (Å²) in [6.45, 7) is 6.47. The Morgan fingerprint density at radius 3 is 2.50 bits per heavy atom. The van der Waals surface area contributed by atoms with Gasteiger partial charge in [-0.1, -0.05) is 31.5 Å². The molecular weight excluding hydrogens is 452 g/mol. The number of benzene rings is 2. The number of rotatable bonds is 6. The number of ketones is 1. The summed E-state index contributed by atoms with van der Waals surface area (Å²) < 4.78 is 5.73. The van der Waals surface area contributed by atoms with Crippen LogP contribution in [0.2, 0.25) is 5.02 Å². The van der Waals surface area contributed by atoms with E-state index in [0.29, 0.717) is 28.4 Å². The van der Waals surface area contributed by atoms with Gasteiger partial charge < -0.3 is 9.84 Å². The second-order valence-corrected chi connectivity index (χ2v) is 8.71. The molecule has 34 heavy (non-hydrogen) atoms. The van der Waals surface area contributed by atoms with Crippen molar-refractivity contribution in [2.45, 2.75) is 32.7 Å². The summed E-state index contributed by atoms with van der Waals surface area (Å²) in [5.74, 6) is -0.896. The van der Waals surface area contributed by atoms with Gasteiger partial charge in [0.05, 0.1) is 18.2 Å². The van der Waals surface area contributed by atoms with Crippen LogP contribution in [-0.2, 0) is 9.59 Å². The fourth-order valence-corrected chi connectivity index (χ4v) is 4.36. The number of ether oxygens (including phenoxy) is 1. The molecule has 4 rings (SSSR count). The van der Waals surface area contributed by atoms with Gasteiger partial charge in [-0.2, -0.15) is 0 Å². The third-order valence-electron chi connectivity index (χ3n) is 5.76. The van der Waals surface area contributed by atoms with Crippen LogP contribution in [0.3, 0.4) is 0 Å². The summed E-state index contributed by atoms with van der Waals surface area (Å²) in [6, 6.07) is 14.6. The molecule has 2 heterocycles. The number of halogens is 1. The fraction of sp³-hybridized carbons (Fsp3) is 0.222. The third kappa shape index (κ3) is 4.29. The minimum atomic E-state index is -0.837. The van der Waals surface area contributed by atoms with Crippen LogP contribution in [0, 0.1) is 0 Å². The minimum absolute atomic E-state index is 0.00930. The molecule has 1 saturated heterocycles. The van der Waals surface area contributed by atoms with Crippen LogP contribution in [0.1, 0.15) is 49.4 Å². The predicted molar refractivity (Wildman–Crippen MR) is 132 cm³/mol. The number of hydrogen-bond acceptors (Lipinski definition) is 5. The molecule has 1 fully saturated rings. The van der Waals surface area contributed by atoms with Gasteiger partial charge in [-0.3, -0.25) is 19.5 Å². The van der Waals surface area contributed by atoms with E-state index in [1.54, 1.807) is 67.0 Å².